The zero-order valence-corrected chi connectivity index (χ0v) is 28.0. The molecule has 2 aromatic carbocycles. The van der Waals surface area contributed by atoms with Crippen molar-refractivity contribution >= 4 is 44.1 Å². The minimum Gasteiger partial charge on any atom is -0.493 e. The zero-order valence-electron chi connectivity index (χ0n) is 26.5. The highest BCUT2D eigenvalue weighted by atomic mass is 79.9. The highest BCUT2D eigenvalue weighted by Gasteiger charge is 2.24. The van der Waals surface area contributed by atoms with Crippen molar-refractivity contribution in [2.75, 3.05) is 89.5 Å². The molecule has 47 heavy (non-hydrogen) atoms. The Hall–Kier alpha value is -3.91. The van der Waals surface area contributed by atoms with Gasteiger partial charge in [0.05, 0.1) is 44.9 Å². The number of benzene rings is 2. The first-order valence-corrected chi connectivity index (χ1v) is 16.7. The van der Waals surface area contributed by atoms with Crippen molar-refractivity contribution in [3.8, 4) is 11.5 Å². The number of fused-ring (bicyclic) bond motifs is 1. The summed E-state index contributed by atoms with van der Waals surface area (Å²) >= 11 is 3.24. The van der Waals surface area contributed by atoms with E-state index in [-0.39, 0.29) is 18.1 Å². The number of carbonyl (C=O) groups is 1. The van der Waals surface area contributed by atoms with Crippen LogP contribution in [-0.4, -0.2) is 110 Å². The number of hydrogen-bond acceptors (Lipinski definition) is 10. The van der Waals surface area contributed by atoms with E-state index >= 15 is 0 Å². The largest absolute Gasteiger partial charge is 0.493 e. The number of carbonyl (C=O) groups excluding carboxylic acids is 1. The normalized spacial score (nSPS) is 15.9. The number of nitrogens with zero attached hydrogens (tertiary/aromatic N) is 6. The molecule has 4 aromatic rings. The van der Waals surface area contributed by atoms with Crippen LogP contribution >= 0.6 is 15.9 Å². The van der Waals surface area contributed by atoms with Gasteiger partial charge in [-0.1, -0.05) is 15.9 Å². The van der Waals surface area contributed by atoms with E-state index in [2.05, 4.69) is 40.9 Å². The molecule has 13 heteroatoms. The van der Waals surface area contributed by atoms with E-state index in [1.807, 2.05) is 24.3 Å². The Morgan fingerprint density at radius 2 is 1.72 bits per heavy atom. The average Bonchev–Trinajstić information content (AvgIpc) is 3.09. The Morgan fingerprint density at radius 1 is 0.957 bits per heavy atom. The van der Waals surface area contributed by atoms with Crippen LogP contribution in [0.15, 0.2) is 59.3 Å². The topological polar surface area (TPSA) is 105 Å². The standard InChI is InChI=1S/C34H39BrFN7O4/c1-45-31-21-26-27(22-32(31)47-16-2-9-41-14-17-46-18-15-41)34(40-39-30(26)19-24-5-7-37-8-6-24)43-12-10-42(11-13-43)23-33(44)38-29-4-3-25(35)20-28(29)36/h3-8,20-22H,2,9-19,23H2,1H3,(H,38,44). The van der Waals surface area contributed by atoms with Crippen LogP contribution in [0.1, 0.15) is 17.7 Å². The second-order valence-electron chi connectivity index (χ2n) is 11.6. The molecule has 0 radical (unpaired) electrons. The van der Waals surface area contributed by atoms with Gasteiger partial charge < -0.3 is 24.4 Å². The molecule has 2 aliphatic heterocycles. The average molecular weight is 709 g/mol. The number of methoxy groups -OCH3 is 1. The number of ether oxygens (including phenoxy) is 3. The van der Waals surface area contributed by atoms with Crippen molar-refractivity contribution in [3.05, 3.63) is 76.4 Å². The molecule has 0 unspecified atom stereocenters. The molecule has 2 aliphatic rings. The molecule has 2 fully saturated rings. The highest BCUT2D eigenvalue weighted by Crippen LogP contribution is 2.38. The lowest BCUT2D eigenvalue weighted by atomic mass is 10.0. The van der Waals surface area contributed by atoms with Gasteiger partial charge in [-0.15, -0.1) is 5.10 Å². The third-order valence-corrected chi connectivity index (χ3v) is 8.96. The summed E-state index contributed by atoms with van der Waals surface area (Å²) in [6.45, 7) is 7.70. The predicted molar refractivity (Wildman–Crippen MR) is 182 cm³/mol. The molecule has 248 valence electrons. The molecule has 11 nitrogen and oxygen atoms in total. The quantitative estimate of drug-likeness (QED) is 0.213. The van der Waals surface area contributed by atoms with Gasteiger partial charge in [0.1, 0.15) is 5.82 Å². The first-order valence-electron chi connectivity index (χ1n) is 15.9. The monoisotopic (exact) mass is 707 g/mol. The van der Waals surface area contributed by atoms with E-state index in [4.69, 9.17) is 24.4 Å². The summed E-state index contributed by atoms with van der Waals surface area (Å²) < 4.78 is 32.4. The molecule has 6 rings (SSSR count). The molecule has 0 aliphatic carbocycles. The molecular weight excluding hydrogens is 669 g/mol. The van der Waals surface area contributed by atoms with Crippen LogP contribution in [-0.2, 0) is 16.0 Å². The van der Waals surface area contributed by atoms with Crippen molar-refractivity contribution in [2.24, 2.45) is 0 Å². The van der Waals surface area contributed by atoms with Crippen LogP contribution in [0.5, 0.6) is 11.5 Å². The number of hydrogen-bond donors (Lipinski definition) is 1. The predicted octanol–water partition coefficient (Wildman–Crippen LogP) is 4.39. The Morgan fingerprint density at radius 3 is 2.47 bits per heavy atom. The summed E-state index contributed by atoms with van der Waals surface area (Å²) in [6, 6.07) is 12.6. The minimum absolute atomic E-state index is 0.167. The van der Waals surface area contributed by atoms with Gasteiger partial charge in [0.2, 0.25) is 5.91 Å². The zero-order chi connectivity index (χ0) is 32.6. The van der Waals surface area contributed by atoms with Gasteiger partial charge in [0, 0.05) is 79.9 Å². The third-order valence-electron chi connectivity index (χ3n) is 8.47. The molecule has 2 saturated heterocycles. The Balaban J connectivity index is 1.18. The van der Waals surface area contributed by atoms with Crippen LogP contribution in [0.25, 0.3) is 10.8 Å². The van der Waals surface area contributed by atoms with E-state index in [1.54, 1.807) is 31.6 Å². The lowest BCUT2D eigenvalue weighted by Crippen LogP contribution is -2.49. The van der Waals surface area contributed by atoms with Crippen molar-refractivity contribution in [2.45, 2.75) is 12.8 Å². The maximum atomic E-state index is 14.2. The number of rotatable bonds is 12. The summed E-state index contributed by atoms with van der Waals surface area (Å²) in [5.41, 5.74) is 2.09. The second-order valence-corrected chi connectivity index (χ2v) is 12.6. The van der Waals surface area contributed by atoms with Gasteiger partial charge in [0.25, 0.3) is 0 Å². The number of piperazine rings is 1. The molecular formula is C34H39BrFN7O4. The minimum atomic E-state index is -0.479. The fourth-order valence-corrected chi connectivity index (χ4v) is 6.26. The number of halogens is 2. The van der Waals surface area contributed by atoms with E-state index < -0.39 is 5.82 Å². The number of aromatic nitrogens is 3. The maximum absolute atomic E-state index is 14.2. The molecule has 0 spiro atoms. The van der Waals surface area contributed by atoms with E-state index in [1.165, 1.54) is 6.07 Å². The number of pyridine rings is 1. The van der Waals surface area contributed by atoms with Crippen molar-refractivity contribution < 1.29 is 23.4 Å². The van der Waals surface area contributed by atoms with Crippen molar-refractivity contribution in [1.82, 2.24) is 25.0 Å². The smallest absolute Gasteiger partial charge is 0.238 e. The highest BCUT2D eigenvalue weighted by molar-refractivity contribution is 9.10. The maximum Gasteiger partial charge on any atom is 0.238 e. The summed E-state index contributed by atoms with van der Waals surface area (Å²) in [6.07, 6.45) is 5.03. The van der Waals surface area contributed by atoms with Crippen molar-refractivity contribution in [3.63, 3.8) is 0 Å². The van der Waals surface area contributed by atoms with Crippen LogP contribution in [0.2, 0.25) is 0 Å². The van der Waals surface area contributed by atoms with E-state index in [0.717, 1.165) is 67.1 Å². The molecule has 0 bridgehead atoms. The SMILES string of the molecule is COc1cc2c(Cc3ccncc3)nnc(N3CCN(CC(=O)Nc4ccc(Br)cc4F)CC3)c2cc1OCCCN1CCOCC1. The fourth-order valence-electron chi connectivity index (χ4n) is 5.93. The fraction of sp³-hybridized carbons (Fsp3) is 0.412. The number of amides is 1. The first kappa shape index (κ1) is 33.0. The van der Waals surface area contributed by atoms with Crippen LogP contribution < -0.4 is 19.7 Å². The van der Waals surface area contributed by atoms with E-state index in [0.29, 0.717) is 55.2 Å². The lowest BCUT2D eigenvalue weighted by Gasteiger charge is -2.35. The first-order chi connectivity index (χ1) is 23.0. The summed E-state index contributed by atoms with van der Waals surface area (Å²) in [4.78, 5) is 23.5. The van der Waals surface area contributed by atoms with Crippen LogP contribution in [0.4, 0.5) is 15.9 Å². The molecule has 0 atom stereocenters. The van der Waals surface area contributed by atoms with Crippen molar-refractivity contribution in [1.29, 1.82) is 0 Å². The summed E-state index contributed by atoms with van der Waals surface area (Å²) in [7, 11) is 1.65. The van der Waals surface area contributed by atoms with Gasteiger partial charge in [-0.05, 0) is 54.4 Å². The number of morpholine rings is 1. The Bertz CT molecular complexity index is 1670. The number of nitrogens with one attached hydrogen (secondary N) is 1. The molecule has 2 aromatic heterocycles. The van der Waals surface area contributed by atoms with Gasteiger partial charge in [0.15, 0.2) is 17.3 Å². The van der Waals surface area contributed by atoms with E-state index in [9.17, 15) is 9.18 Å². The Labute approximate surface area is 282 Å². The van der Waals surface area contributed by atoms with Gasteiger partial charge in [-0.3, -0.25) is 19.6 Å². The lowest BCUT2D eigenvalue weighted by molar-refractivity contribution is -0.117. The second kappa shape index (κ2) is 15.8. The summed E-state index contributed by atoms with van der Waals surface area (Å²) in [5.74, 6) is 1.35. The molecule has 4 heterocycles. The molecule has 1 N–H and O–H groups in total. The molecule has 0 saturated carbocycles. The van der Waals surface area contributed by atoms with Gasteiger partial charge >= 0.3 is 0 Å². The van der Waals surface area contributed by atoms with Crippen LogP contribution in [0, 0.1) is 5.82 Å². The Kier molecular flexibility index (Phi) is 11.1. The van der Waals surface area contributed by atoms with Crippen LogP contribution in [0.3, 0.4) is 0 Å². The summed E-state index contributed by atoms with van der Waals surface area (Å²) in [5, 5.41) is 14.0. The third kappa shape index (κ3) is 8.52. The molecule has 1 amide bonds. The number of anilines is 2. The van der Waals surface area contributed by atoms with Gasteiger partial charge in [-0.2, -0.15) is 5.10 Å². The van der Waals surface area contributed by atoms with Gasteiger partial charge in [-0.25, -0.2) is 4.39 Å².